The van der Waals surface area contributed by atoms with Gasteiger partial charge in [0.15, 0.2) is 6.10 Å². The largest absolute Gasteiger partial charge is 0.508 e. The van der Waals surface area contributed by atoms with Crippen LogP contribution < -0.4 is 14.8 Å². The number of ether oxygens (including phenoxy) is 2. The van der Waals surface area contributed by atoms with Crippen molar-refractivity contribution < 1.29 is 19.4 Å². The maximum absolute atomic E-state index is 12.0. The van der Waals surface area contributed by atoms with Crippen LogP contribution in [0.4, 0.5) is 5.69 Å². The molecule has 0 aliphatic rings. The highest BCUT2D eigenvalue weighted by atomic mass is 16.5. The average molecular weight is 287 g/mol. The van der Waals surface area contributed by atoms with E-state index in [-0.39, 0.29) is 11.7 Å². The van der Waals surface area contributed by atoms with Crippen LogP contribution in [0.15, 0.2) is 48.5 Å². The van der Waals surface area contributed by atoms with Gasteiger partial charge < -0.3 is 19.9 Å². The molecule has 5 nitrogen and oxygen atoms in total. The molecule has 5 heteroatoms. The van der Waals surface area contributed by atoms with E-state index in [9.17, 15) is 9.90 Å². The average Bonchev–Trinajstić information content (AvgIpc) is 2.49. The molecule has 1 atom stereocenters. The smallest absolute Gasteiger partial charge is 0.265 e. The summed E-state index contributed by atoms with van der Waals surface area (Å²) in [5, 5.41) is 11.9. The number of methoxy groups -OCH3 is 1. The molecule has 0 heterocycles. The fourth-order valence-corrected chi connectivity index (χ4v) is 1.72. The van der Waals surface area contributed by atoms with Gasteiger partial charge in [0, 0.05) is 11.8 Å². The summed E-state index contributed by atoms with van der Waals surface area (Å²) in [6.45, 7) is 1.66. The fourth-order valence-electron chi connectivity index (χ4n) is 1.72. The number of phenolic OH excluding ortho intramolecular Hbond substituents is 1. The molecule has 1 unspecified atom stereocenters. The van der Waals surface area contributed by atoms with Crippen LogP contribution in [-0.4, -0.2) is 24.2 Å². The highest BCUT2D eigenvalue weighted by Crippen LogP contribution is 2.20. The predicted molar refractivity (Wildman–Crippen MR) is 79.8 cm³/mol. The minimum absolute atomic E-state index is 0.147. The molecule has 110 valence electrons. The van der Waals surface area contributed by atoms with Crippen molar-refractivity contribution in [3.05, 3.63) is 48.5 Å². The van der Waals surface area contributed by atoms with Gasteiger partial charge >= 0.3 is 0 Å². The Kier molecular flexibility index (Phi) is 4.66. The molecular formula is C16H17NO4. The van der Waals surface area contributed by atoms with Crippen molar-refractivity contribution in [1.29, 1.82) is 0 Å². The third kappa shape index (κ3) is 4.14. The molecule has 0 aliphatic heterocycles. The first-order valence-electron chi connectivity index (χ1n) is 6.49. The summed E-state index contributed by atoms with van der Waals surface area (Å²) >= 11 is 0. The second-order valence-corrected chi connectivity index (χ2v) is 4.48. The van der Waals surface area contributed by atoms with E-state index in [4.69, 9.17) is 9.47 Å². The van der Waals surface area contributed by atoms with E-state index < -0.39 is 6.10 Å². The monoisotopic (exact) mass is 287 g/mol. The number of phenols is 1. The van der Waals surface area contributed by atoms with E-state index in [1.54, 1.807) is 50.4 Å². The number of carbonyl (C=O) groups is 1. The summed E-state index contributed by atoms with van der Waals surface area (Å²) in [7, 11) is 1.57. The van der Waals surface area contributed by atoms with Crippen molar-refractivity contribution >= 4 is 11.6 Å². The van der Waals surface area contributed by atoms with Crippen molar-refractivity contribution in [2.45, 2.75) is 13.0 Å². The molecule has 0 aromatic heterocycles. The molecule has 2 aromatic carbocycles. The van der Waals surface area contributed by atoms with Crippen LogP contribution in [0.3, 0.4) is 0 Å². The Labute approximate surface area is 123 Å². The second-order valence-electron chi connectivity index (χ2n) is 4.48. The van der Waals surface area contributed by atoms with E-state index in [2.05, 4.69) is 5.32 Å². The number of hydrogen-bond acceptors (Lipinski definition) is 4. The van der Waals surface area contributed by atoms with Gasteiger partial charge in [-0.15, -0.1) is 0 Å². The molecule has 0 saturated carbocycles. The topological polar surface area (TPSA) is 67.8 Å². The zero-order valence-electron chi connectivity index (χ0n) is 11.9. The second kappa shape index (κ2) is 6.65. The zero-order valence-corrected chi connectivity index (χ0v) is 11.9. The number of hydrogen-bond donors (Lipinski definition) is 2. The minimum atomic E-state index is -0.661. The molecule has 2 aromatic rings. The highest BCUT2D eigenvalue weighted by molar-refractivity contribution is 5.94. The molecule has 2 rings (SSSR count). The van der Waals surface area contributed by atoms with Gasteiger partial charge in [-0.25, -0.2) is 0 Å². The van der Waals surface area contributed by atoms with Crippen molar-refractivity contribution in [3.63, 3.8) is 0 Å². The number of anilines is 1. The molecule has 0 fully saturated rings. The third-order valence-corrected chi connectivity index (χ3v) is 2.86. The lowest BCUT2D eigenvalue weighted by Crippen LogP contribution is -2.30. The summed E-state index contributed by atoms with van der Waals surface area (Å²) in [5.41, 5.74) is 0.596. The van der Waals surface area contributed by atoms with Gasteiger partial charge in [-0.05, 0) is 43.3 Å². The van der Waals surface area contributed by atoms with Crippen LogP contribution in [-0.2, 0) is 4.79 Å². The molecule has 0 radical (unpaired) electrons. The van der Waals surface area contributed by atoms with Gasteiger partial charge in [0.1, 0.15) is 17.2 Å². The Morgan fingerprint density at radius 1 is 1.14 bits per heavy atom. The number of rotatable bonds is 5. The van der Waals surface area contributed by atoms with E-state index in [0.29, 0.717) is 17.2 Å². The van der Waals surface area contributed by atoms with E-state index in [1.165, 1.54) is 12.1 Å². The van der Waals surface area contributed by atoms with Crippen LogP contribution in [0.5, 0.6) is 17.2 Å². The van der Waals surface area contributed by atoms with Crippen molar-refractivity contribution in [2.75, 3.05) is 12.4 Å². The quantitative estimate of drug-likeness (QED) is 0.830. The molecule has 2 N–H and O–H groups in total. The SMILES string of the molecule is COc1cccc(OC(C)C(=O)Nc2ccc(O)cc2)c1. The lowest BCUT2D eigenvalue weighted by molar-refractivity contribution is -0.122. The Morgan fingerprint density at radius 3 is 2.48 bits per heavy atom. The van der Waals surface area contributed by atoms with Gasteiger partial charge in [-0.3, -0.25) is 4.79 Å². The molecule has 0 saturated heterocycles. The molecular weight excluding hydrogens is 270 g/mol. The molecule has 0 bridgehead atoms. The van der Waals surface area contributed by atoms with Crippen LogP contribution in [0.1, 0.15) is 6.92 Å². The Morgan fingerprint density at radius 2 is 1.81 bits per heavy atom. The maximum Gasteiger partial charge on any atom is 0.265 e. The third-order valence-electron chi connectivity index (χ3n) is 2.86. The van der Waals surface area contributed by atoms with Gasteiger partial charge in [-0.1, -0.05) is 6.07 Å². The number of nitrogens with one attached hydrogen (secondary N) is 1. The summed E-state index contributed by atoms with van der Waals surface area (Å²) in [6, 6.07) is 13.3. The summed E-state index contributed by atoms with van der Waals surface area (Å²) in [5.74, 6) is 1.10. The first-order valence-corrected chi connectivity index (χ1v) is 6.49. The number of carbonyl (C=O) groups excluding carboxylic acids is 1. The van der Waals surface area contributed by atoms with Crippen molar-refractivity contribution in [1.82, 2.24) is 0 Å². The van der Waals surface area contributed by atoms with Crippen molar-refractivity contribution in [2.24, 2.45) is 0 Å². The van der Waals surface area contributed by atoms with Crippen LogP contribution in [0, 0.1) is 0 Å². The summed E-state index contributed by atoms with van der Waals surface area (Å²) in [4.78, 5) is 12.0. The van der Waals surface area contributed by atoms with Crippen LogP contribution in [0.2, 0.25) is 0 Å². The summed E-state index contributed by atoms with van der Waals surface area (Å²) in [6.07, 6.45) is -0.661. The molecule has 0 aliphatic carbocycles. The molecule has 0 spiro atoms. The number of aromatic hydroxyl groups is 1. The van der Waals surface area contributed by atoms with Gasteiger partial charge in [0.25, 0.3) is 5.91 Å². The van der Waals surface area contributed by atoms with E-state index >= 15 is 0 Å². The van der Waals surface area contributed by atoms with E-state index in [0.717, 1.165) is 0 Å². The van der Waals surface area contributed by atoms with Gasteiger partial charge in [0.2, 0.25) is 0 Å². The zero-order chi connectivity index (χ0) is 15.2. The minimum Gasteiger partial charge on any atom is -0.508 e. The van der Waals surface area contributed by atoms with E-state index in [1.807, 2.05) is 0 Å². The normalized spacial score (nSPS) is 11.5. The summed E-state index contributed by atoms with van der Waals surface area (Å²) < 4.78 is 10.7. The Hall–Kier alpha value is -2.69. The fraction of sp³-hybridized carbons (Fsp3) is 0.188. The Balaban J connectivity index is 1.97. The first kappa shape index (κ1) is 14.7. The maximum atomic E-state index is 12.0. The highest BCUT2D eigenvalue weighted by Gasteiger charge is 2.15. The van der Waals surface area contributed by atoms with Crippen LogP contribution in [0.25, 0.3) is 0 Å². The molecule has 1 amide bonds. The number of benzene rings is 2. The standard InChI is InChI=1S/C16H17NO4/c1-11(21-15-5-3-4-14(10-15)20-2)16(19)17-12-6-8-13(18)9-7-12/h3-11,18H,1-2H3,(H,17,19). The van der Waals surface area contributed by atoms with Gasteiger partial charge in [-0.2, -0.15) is 0 Å². The lowest BCUT2D eigenvalue weighted by atomic mass is 10.2. The first-order chi connectivity index (χ1) is 10.1. The Bertz CT molecular complexity index is 610. The number of amides is 1. The van der Waals surface area contributed by atoms with Crippen molar-refractivity contribution in [3.8, 4) is 17.2 Å². The predicted octanol–water partition coefficient (Wildman–Crippen LogP) is 2.81. The van der Waals surface area contributed by atoms with Gasteiger partial charge in [0.05, 0.1) is 7.11 Å². The lowest BCUT2D eigenvalue weighted by Gasteiger charge is -2.15. The van der Waals surface area contributed by atoms with Crippen LogP contribution >= 0.6 is 0 Å². The molecule has 21 heavy (non-hydrogen) atoms.